The van der Waals surface area contributed by atoms with Crippen LogP contribution in [-0.2, 0) is 6.18 Å². The van der Waals surface area contributed by atoms with E-state index < -0.39 is 11.7 Å². The number of nitrogens with zero attached hydrogens (tertiary/aromatic N) is 1. The Balaban J connectivity index is 2.33. The lowest BCUT2D eigenvalue weighted by Gasteiger charge is -2.12. The predicted octanol–water partition coefficient (Wildman–Crippen LogP) is 4.39. The Morgan fingerprint density at radius 2 is 1.90 bits per heavy atom. The lowest BCUT2D eigenvalue weighted by Crippen LogP contribution is -2.06. The first-order valence-corrected chi connectivity index (χ1v) is 6.00. The lowest BCUT2D eigenvalue weighted by atomic mass is 10.2. The number of aromatic nitrogens is 1. The quantitative estimate of drug-likeness (QED) is 0.865. The number of hydrogen-bond acceptors (Lipinski definition) is 3. The minimum absolute atomic E-state index is 0.0117. The molecule has 0 amide bonds. The molecule has 2 rings (SSSR count). The normalized spacial score (nSPS) is 11.4. The fourth-order valence-corrected chi connectivity index (χ4v) is 1.82. The molecule has 0 fully saturated rings. The standard InChI is InChI=1S/C13H11ClF3N3/c1-7-6-19-12(5-11(7)18)20-10-3-8(13(15,16)17)2-9(14)4-10/h2-6H,1H3,(H3,18,19,20). The molecule has 0 bridgehead atoms. The molecule has 7 heteroatoms. The minimum atomic E-state index is -4.46. The van der Waals surface area contributed by atoms with Gasteiger partial charge in [0.25, 0.3) is 0 Å². The molecular formula is C13H11ClF3N3. The molecule has 106 valence electrons. The first kappa shape index (κ1) is 14.5. The molecule has 3 N–H and O–H groups in total. The number of hydrogen-bond donors (Lipinski definition) is 2. The van der Waals surface area contributed by atoms with Crippen LogP contribution in [0.15, 0.2) is 30.5 Å². The van der Waals surface area contributed by atoms with E-state index in [1.54, 1.807) is 13.0 Å². The third kappa shape index (κ3) is 3.33. The van der Waals surface area contributed by atoms with Crippen LogP contribution in [0.2, 0.25) is 5.02 Å². The van der Waals surface area contributed by atoms with E-state index in [0.717, 1.165) is 17.7 Å². The third-order valence-electron chi connectivity index (χ3n) is 2.64. The molecule has 0 aliphatic heterocycles. The Bertz CT molecular complexity index is 641. The minimum Gasteiger partial charge on any atom is -0.398 e. The molecule has 20 heavy (non-hydrogen) atoms. The molecule has 0 radical (unpaired) electrons. The van der Waals surface area contributed by atoms with Crippen molar-refractivity contribution in [2.24, 2.45) is 0 Å². The summed E-state index contributed by atoms with van der Waals surface area (Å²) in [5, 5.41) is 2.74. The summed E-state index contributed by atoms with van der Waals surface area (Å²) in [6.45, 7) is 1.78. The monoisotopic (exact) mass is 301 g/mol. The summed E-state index contributed by atoms with van der Waals surface area (Å²) < 4.78 is 38.0. The molecule has 0 aliphatic carbocycles. The number of pyridine rings is 1. The maximum absolute atomic E-state index is 12.7. The van der Waals surface area contributed by atoms with Gasteiger partial charge in [0.15, 0.2) is 0 Å². The van der Waals surface area contributed by atoms with Gasteiger partial charge in [0.1, 0.15) is 5.82 Å². The number of rotatable bonds is 2. The molecule has 0 saturated carbocycles. The predicted molar refractivity (Wildman–Crippen MR) is 73.1 cm³/mol. The zero-order valence-corrected chi connectivity index (χ0v) is 11.2. The maximum Gasteiger partial charge on any atom is 0.416 e. The van der Waals surface area contributed by atoms with E-state index in [2.05, 4.69) is 10.3 Å². The fraction of sp³-hybridized carbons (Fsp3) is 0.154. The van der Waals surface area contributed by atoms with Crippen molar-refractivity contribution in [2.45, 2.75) is 13.1 Å². The first-order valence-electron chi connectivity index (χ1n) is 5.62. The van der Waals surface area contributed by atoms with E-state index in [-0.39, 0.29) is 10.7 Å². The van der Waals surface area contributed by atoms with Gasteiger partial charge in [-0.15, -0.1) is 0 Å². The van der Waals surface area contributed by atoms with Crippen molar-refractivity contribution in [3.63, 3.8) is 0 Å². The van der Waals surface area contributed by atoms with Crippen molar-refractivity contribution in [1.82, 2.24) is 4.98 Å². The number of benzene rings is 1. The van der Waals surface area contributed by atoms with Crippen LogP contribution in [0.1, 0.15) is 11.1 Å². The van der Waals surface area contributed by atoms with Crippen molar-refractivity contribution < 1.29 is 13.2 Å². The second-order valence-electron chi connectivity index (χ2n) is 4.28. The summed E-state index contributed by atoms with van der Waals surface area (Å²) >= 11 is 5.69. The molecule has 2 aromatic rings. The van der Waals surface area contributed by atoms with Gasteiger partial charge in [-0.25, -0.2) is 4.98 Å². The smallest absolute Gasteiger partial charge is 0.398 e. The highest BCUT2D eigenvalue weighted by molar-refractivity contribution is 6.31. The number of alkyl halides is 3. The Morgan fingerprint density at radius 1 is 1.20 bits per heavy atom. The van der Waals surface area contributed by atoms with Crippen LogP contribution in [0.25, 0.3) is 0 Å². The summed E-state index contributed by atoms with van der Waals surface area (Å²) in [6, 6.07) is 4.76. The Hall–Kier alpha value is -1.95. The van der Waals surface area contributed by atoms with Crippen LogP contribution < -0.4 is 11.1 Å². The first-order chi connectivity index (χ1) is 9.25. The van der Waals surface area contributed by atoms with Crippen LogP contribution >= 0.6 is 11.6 Å². The van der Waals surface area contributed by atoms with Crippen molar-refractivity contribution in [3.05, 3.63) is 46.6 Å². The van der Waals surface area contributed by atoms with Crippen molar-refractivity contribution in [3.8, 4) is 0 Å². The highest BCUT2D eigenvalue weighted by Crippen LogP contribution is 2.34. The summed E-state index contributed by atoms with van der Waals surface area (Å²) in [7, 11) is 0. The summed E-state index contributed by atoms with van der Waals surface area (Å²) in [5.74, 6) is 0.350. The topological polar surface area (TPSA) is 50.9 Å². The number of halogens is 4. The van der Waals surface area contributed by atoms with Crippen LogP contribution in [0.5, 0.6) is 0 Å². The molecule has 0 unspecified atom stereocenters. The summed E-state index contributed by atoms with van der Waals surface area (Å²) in [6.07, 6.45) is -2.92. The number of anilines is 3. The number of nitrogen functional groups attached to an aromatic ring is 1. The van der Waals surface area contributed by atoms with E-state index in [1.165, 1.54) is 12.3 Å². The molecule has 1 aromatic heterocycles. The van der Waals surface area contributed by atoms with E-state index in [4.69, 9.17) is 17.3 Å². The second-order valence-corrected chi connectivity index (χ2v) is 4.71. The van der Waals surface area contributed by atoms with Gasteiger partial charge in [0, 0.05) is 28.7 Å². The Morgan fingerprint density at radius 3 is 2.50 bits per heavy atom. The zero-order valence-electron chi connectivity index (χ0n) is 10.4. The summed E-state index contributed by atoms with van der Waals surface area (Å²) in [5.41, 5.74) is 6.38. The van der Waals surface area contributed by atoms with E-state index >= 15 is 0 Å². The van der Waals surface area contributed by atoms with E-state index in [0.29, 0.717) is 11.5 Å². The van der Waals surface area contributed by atoms with Crippen LogP contribution in [-0.4, -0.2) is 4.98 Å². The molecular weight excluding hydrogens is 291 g/mol. The van der Waals surface area contributed by atoms with Gasteiger partial charge in [0.05, 0.1) is 5.56 Å². The molecule has 0 aliphatic rings. The van der Waals surface area contributed by atoms with Gasteiger partial charge in [-0.1, -0.05) is 11.6 Å². The number of nitrogens with two attached hydrogens (primary N) is 1. The van der Waals surface area contributed by atoms with Crippen LogP contribution in [0, 0.1) is 6.92 Å². The molecule has 3 nitrogen and oxygen atoms in total. The van der Waals surface area contributed by atoms with Crippen LogP contribution in [0.3, 0.4) is 0 Å². The van der Waals surface area contributed by atoms with Crippen molar-refractivity contribution in [2.75, 3.05) is 11.1 Å². The highest BCUT2D eigenvalue weighted by atomic mass is 35.5. The lowest BCUT2D eigenvalue weighted by molar-refractivity contribution is -0.137. The summed E-state index contributed by atoms with van der Waals surface area (Å²) in [4.78, 5) is 4.04. The SMILES string of the molecule is Cc1cnc(Nc2cc(Cl)cc(C(F)(F)F)c2)cc1N. The second kappa shape index (κ2) is 5.20. The van der Waals surface area contributed by atoms with Gasteiger partial charge in [-0.05, 0) is 30.7 Å². The van der Waals surface area contributed by atoms with Gasteiger partial charge < -0.3 is 11.1 Å². The number of aryl methyl sites for hydroxylation is 1. The van der Waals surface area contributed by atoms with E-state index in [9.17, 15) is 13.2 Å². The third-order valence-corrected chi connectivity index (χ3v) is 2.86. The Kier molecular flexibility index (Phi) is 3.76. The average molecular weight is 302 g/mol. The maximum atomic E-state index is 12.7. The molecule has 0 spiro atoms. The zero-order chi connectivity index (χ0) is 14.9. The Labute approximate surface area is 118 Å². The molecule has 1 aromatic carbocycles. The number of nitrogens with one attached hydrogen (secondary N) is 1. The largest absolute Gasteiger partial charge is 0.416 e. The molecule has 1 heterocycles. The van der Waals surface area contributed by atoms with Gasteiger partial charge in [0.2, 0.25) is 0 Å². The van der Waals surface area contributed by atoms with Gasteiger partial charge in [-0.3, -0.25) is 0 Å². The van der Waals surface area contributed by atoms with Crippen molar-refractivity contribution >= 4 is 28.8 Å². The molecule has 0 atom stereocenters. The van der Waals surface area contributed by atoms with Crippen molar-refractivity contribution in [1.29, 1.82) is 0 Å². The van der Waals surface area contributed by atoms with E-state index in [1.807, 2.05) is 0 Å². The molecule has 0 saturated heterocycles. The highest BCUT2D eigenvalue weighted by Gasteiger charge is 2.31. The van der Waals surface area contributed by atoms with Crippen LogP contribution in [0.4, 0.5) is 30.4 Å². The average Bonchev–Trinajstić information content (AvgIpc) is 2.32. The van der Waals surface area contributed by atoms with Gasteiger partial charge >= 0.3 is 6.18 Å². The fourth-order valence-electron chi connectivity index (χ4n) is 1.58. The van der Waals surface area contributed by atoms with Gasteiger partial charge in [-0.2, -0.15) is 13.2 Å².